The lowest BCUT2D eigenvalue weighted by atomic mass is 9.83. The maximum atomic E-state index is 6.70. The van der Waals surface area contributed by atoms with Crippen molar-refractivity contribution in [1.82, 2.24) is 0 Å². The van der Waals surface area contributed by atoms with Crippen LogP contribution in [0.1, 0.15) is 42.2 Å². The van der Waals surface area contributed by atoms with Crippen LogP contribution in [0.25, 0.3) is 0 Å². The molecule has 4 heteroatoms. The zero-order valence-corrected chi connectivity index (χ0v) is 15.8. The molecule has 0 radical (unpaired) electrons. The average Bonchev–Trinajstić information content (AvgIpc) is 2.68. The van der Waals surface area contributed by atoms with Crippen LogP contribution in [0.15, 0.2) is 38.6 Å². The minimum atomic E-state index is -0.108. The van der Waals surface area contributed by atoms with Crippen LogP contribution in [0.3, 0.4) is 0 Å². The van der Waals surface area contributed by atoms with Crippen LogP contribution in [-0.4, -0.2) is 0 Å². The first kappa shape index (κ1) is 15.6. The molecule has 0 fully saturated rings. The molecule has 0 aliphatic heterocycles. The molecule has 0 amide bonds. The lowest BCUT2D eigenvalue weighted by Gasteiger charge is -2.24. The normalized spacial score (nSPS) is 13.6. The molecule has 1 unspecified atom stereocenters. The minimum Gasteiger partial charge on any atom is -0.130 e. The molecule has 1 heterocycles. The van der Waals surface area contributed by atoms with Crippen molar-refractivity contribution >= 4 is 54.8 Å². The highest BCUT2D eigenvalue weighted by Crippen LogP contribution is 2.42. The van der Waals surface area contributed by atoms with Gasteiger partial charge in [-0.25, -0.2) is 0 Å². The van der Waals surface area contributed by atoms with E-state index < -0.39 is 0 Å². The van der Waals surface area contributed by atoms with E-state index in [-0.39, 0.29) is 10.8 Å². The first-order chi connectivity index (χ1) is 8.80. The van der Waals surface area contributed by atoms with Gasteiger partial charge in [0.1, 0.15) is 0 Å². The summed E-state index contributed by atoms with van der Waals surface area (Å²) >= 11 is 15.4. The molecule has 1 aromatic heterocycles. The Morgan fingerprint density at radius 2 is 1.79 bits per heavy atom. The summed E-state index contributed by atoms with van der Waals surface area (Å²) in [6.45, 7) is 6.65. The van der Waals surface area contributed by atoms with Gasteiger partial charge in [-0.15, -0.1) is 22.9 Å². The maximum absolute atomic E-state index is 6.70. The second-order valence-corrected chi connectivity index (χ2v) is 9.16. The van der Waals surface area contributed by atoms with E-state index in [1.54, 1.807) is 11.3 Å². The van der Waals surface area contributed by atoms with Gasteiger partial charge in [0.05, 0.1) is 9.16 Å². The van der Waals surface area contributed by atoms with E-state index >= 15 is 0 Å². The van der Waals surface area contributed by atoms with Gasteiger partial charge in [-0.3, -0.25) is 0 Å². The van der Waals surface area contributed by atoms with Crippen molar-refractivity contribution in [2.24, 2.45) is 0 Å². The molecule has 0 saturated heterocycles. The topological polar surface area (TPSA) is 0 Å². The average molecular weight is 423 g/mol. The molecular formula is C15H15Br2ClS. The third-order valence-electron chi connectivity index (χ3n) is 2.96. The Morgan fingerprint density at radius 3 is 2.32 bits per heavy atom. The van der Waals surface area contributed by atoms with Gasteiger partial charge in [-0.1, -0.05) is 45.0 Å². The van der Waals surface area contributed by atoms with E-state index in [1.807, 2.05) is 0 Å². The fourth-order valence-corrected chi connectivity index (χ4v) is 4.52. The van der Waals surface area contributed by atoms with Gasteiger partial charge in [0.15, 0.2) is 0 Å². The van der Waals surface area contributed by atoms with Crippen LogP contribution in [-0.2, 0) is 5.41 Å². The Kier molecular flexibility index (Phi) is 4.82. The molecule has 0 bridgehead atoms. The zero-order chi connectivity index (χ0) is 14.2. The monoisotopic (exact) mass is 420 g/mol. The number of rotatable bonds is 2. The molecular weight excluding hydrogens is 407 g/mol. The lowest BCUT2D eigenvalue weighted by molar-refractivity contribution is 0.583. The molecule has 0 N–H and O–H groups in total. The van der Waals surface area contributed by atoms with Gasteiger partial charge < -0.3 is 0 Å². The Morgan fingerprint density at radius 1 is 1.16 bits per heavy atom. The van der Waals surface area contributed by atoms with Crippen LogP contribution in [0, 0.1) is 0 Å². The van der Waals surface area contributed by atoms with Gasteiger partial charge >= 0.3 is 0 Å². The first-order valence-corrected chi connectivity index (χ1v) is 8.83. The number of hydrogen-bond donors (Lipinski definition) is 0. The summed E-state index contributed by atoms with van der Waals surface area (Å²) in [5.74, 6) is 0. The molecule has 0 aliphatic rings. The van der Waals surface area contributed by atoms with Gasteiger partial charge in [0.2, 0.25) is 0 Å². The Balaban J connectivity index is 2.47. The van der Waals surface area contributed by atoms with Gasteiger partial charge in [-0.05, 0) is 54.5 Å². The summed E-state index contributed by atoms with van der Waals surface area (Å²) in [5.41, 5.74) is 2.59. The van der Waals surface area contributed by atoms with Crippen LogP contribution in [0.5, 0.6) is 0 Å². The third-order valence-corrected chi connectivity index (χ3v) is 6.88. The number of thiophene rings is 1. The fraction of sp³-hybridized carbons (Fsp3) is 0.333. The van der Waals surface area contributed by atoms with E-state index in [2.05, 4.69) is 83.0 Å². The molecule has 102 valence electrons. The zero-order valence-electron chi connectivity index (χ0n) is 11.0. The second-order valence-electron chi connectivity index (χ2n) is 5.47. The summed E-state index contributed by atoms with van der Waals surface area (Å²) in [6.07, 6.45) is 0. The molecule has 0 spiro atoms. The quantitative estimate of drug-likeness (QED) is 0.462. The van der Waals surface area contributed by atoms with Gasteiger partial charge in [-0.2, -0.15) is 0 Å². The highest BCUT2D eigenvalue weighted by molar-refractivity contribution is 9.13. The van der Waals surface area contributed by atoms with Crippen molar-refractivity contribution in [3.63, 3.8) is 0 Å². The van der Waals surface area contributed by atoms with E-state index in [0.717, 1.165) is 13.1 Å². The number of alkyl halides is 1. The molecule has 2 aromatic rings. The smallest absolute Gasteiger partial charge is 0.0931 e. The van der Waals surface area contributed by atoms with Crippen molar-refractivity contribution in [3.8, 4) is 0 Å². The number of hydrogen-bond acceptors (Lipinski definition) is 1. The Labute approximate surface area is 140 Å². The molecule has 1 aromatic carbocycles. The third kappa shape index (κ3) is 3.44. The van der Waals surface area contributed by atoms with Gasteiger partial charge in [0.25, 0.3) is 0 Å². The van der Waals surface area contributed by atoms with E-state index in [1.165, 1.54) is 11.1 Å². The SMILES string of the molecule is CC(C)(C)c1ccccc1C(Cl)c1cc(Br)c(Br)s1. The molecule has 1 atom stereocenters. The van der Waals surface area contributed by atoms with Crippen LogP contribution in [0.4, 0.5) is 0 Å². The van der Waals surface area contributed by atoms with E-state index in [0.29, 0.717) is 0 Å². The predicted molar refractivity (Wildman–Crippen MR) is 92.6 cm³/mol. The highest BCUT2D eigenvalue weighted by atomic mass is 79.9. The molecule has 2 rings (SSSR count). The van der Waals surface area contributed by atoms with E-state index in [9.17, 15) is 0 Å². The van der Waals surface area contributed by atoms with Gasteiger partial charge in [0, 0.05) is 9.35 Å². The summed E-state index contributed by atoms with van der Waals surface area (Å²) in [7, 11) is 0. The summed E-state index contributed by atoms with van der Waals surface area (Å²) < 4.78 is 2.15. The number of halogens is 3. The molecule has 19 heavy (non-hydrogen) atoms. The summed E-state index contributed by atoms with van der Waals surface area (Å²) in [5, 5.41) is -0.108. The summed E-state index contributed by atoms with van der Waals surface area (Å²) in [6, 6.07) is 10.5. The van der Waals surface area contributed by atoms with Crippen molar-refractivity contribution in [1.29, 1.82) is 0 Å². The Hall–Kier alpha value is 0.170. The minimum absolute atomic E-state index is 0.0927. The first-order valence-electron chi connectivity index (χ1n) is 5.99. The molecule has 0 saturated carbocycles. The molecule has 0 nitrogen and oxygen atoms in total. The van der Waals surface area contributed by atoms with Crippen molar-refractivity contribution < 1.29 is 0 Å². The maximum Gasteiger partial charge on any atom is 0.0931 e. The van der Waals surface area contributed by atoms with E-state index in [4.69, 9.17) is 11.6 Å². The van der Waals surface area contributed by atoms with Crippen molar-refractivity contribution in [2.45, 2.75) is 31.6 Å². The van der Waals surface area contributed by atoms with Crippen molar-refractivity contribution in [3.05, 3.63) is 54.6 Å². The van der Waals surface area contributed by atoms with Crippen LogP contribution < -0.4 is 0 Å². The summed E-state index contributed by atoms with van der Waals surface area (Å²) in [4.78, 5) is 1.15. The Bertz CT molecular complexity index is 565. The molecule has 0 aliphatic carbocycles. The largest absolute Gasteiger partial charge is 0.130 e. The lowest BCUT2D eigenvalue weighted by Crippen LogP contribution is -2.14. The fourth-order valence-electron chi connectivity index (χ4n) is 2.04. The predicted octanol–water partition coefficient (Wildman–Crippen LogP) is 6.90. The highest BCUT2D eigenvalue weighted by Gasteiger charge is 2.23. The standard InChI is InChI=1S/C15H15Br2ClS/c1-15(2,3)10-7-5-4-6-9(10)13(18)12-8-11(16)14(17)19-12/h4-8,13H,1-3H3. The van der Waals surface area contributed by atoms with Crippen molar-refractivity contribution in [2.75, 3.05) is 0 Å². The van der Waals surface area contributed by atoms with Crippen LogP contribution >= 0.6 is 54.8 Å². The second kappa shape index (κ2) is 5.88. The van der Waals surface area contributed by atoms with Crippen LogP contribution in [0.2, 0.25) is 0 Å². The number of benzene rings is 1.